The smallest absolute Gasteiger partial charge is 0.244 e. The van der Waals surface area contributed by atoms with Gasteiger partial charge in [0.1, 0.15) is 24.9 Å². The van der Waals surface area contributed by atoms with Gasteiger partial charge in [0.25, 0.3) is 0 Å². The van der Waals surface area contributed by atoms with Crippen LogP contribution < -0.4 is 4.74 Å². The number of carbonyl (C=O) groups is 1. The van der Waals surface area contributed by atoms with Crippen molar-refractivity contribution >= 4 is 17.9 Å². The lowest BCUT2D eigenvalue weighted by Gasteiger charge is -2.18. The molecule has 0 spiro atoms. The third-order valence-electron chi connectivity index (χ3n) is 2.31. The van der Waals surface area contributed by atoms with Crippen molar-refractivity contribution in [2.75, 3.05) is 6.61 Å². The molecular weight excluding hydrogens is 256 g/mol. The van der Waals surface area contributed by atoms with Crippen LogP contribution in [0.3, 0.4) is 0 Å². The van der Waals surface area contributed by atoms with Crippen molar-refractivity contribution in [2.24, 2.45) is 0 Å². The molecule has 0 unspecified atom stereocenters. The van der Waals surface area contributed by atoms with Gasteiger partial charge in [-0.1, -0.05) is 11.6 Å². The summed E-state index contributed by atoms with van der Waals surface area (Å²) in [5, 5.41) is 0.387. The molecule has 96 valence electrons. The molecule has 0 amide bonds. The Labute approximate surface area is 110 Å². The van der Waals surface area contributed by atoms with E-state index in [0.29, 0.717) is 22.1 Å². The van der Waals surface area contributed by atoms with Crippen LogP contribution in [0.25, 0.3) is 0 Å². The summed E-state index contributed by atoms with van der Waals surface area (Å²) in [4.78, 5) is 10.6. The van der Waals surface area contributed by atoms with E-state index in [1.54, 1.807) is 18.2 Å². The molecule has 0 saturated heterocycles. The maximum Gasteiger partial charge on any atom is 0.244 e. The van der Waals surface area contributed by atoms with E-state index in [-0.39, 0.29) is 6.61 Å². The van der Waals surface area contributed by atoms with E-state index in [9.17, 15) is 4.79 Å². The fraction of sp³-hybridized carbons (Fsp3) is 0.308. The lowest BCUT2D eigenvalue weighted by Crippen LogP contribution is -2.21. The van der Waals surface area contributed by atoms with Crippen LogP contribution in [-0.4, -0.2) is 18.7 Å². The summed E-state index contributed by atoms with van der Waals surface area (Å²) < 4.78 is 16.2. The first-order valence-corrected chi connectivity index (χ1v) is 5.81. The minimum Gasteiger partial charge on any atom is -0.484 e. The van der Waals surface area contributed by atoms with Crippen molar-refractivity contribution in [3.63, 3.8) is 0 Å². The van der Waals surface area contributed by atoms with Gasteiger partial charge in [-0.15, -0.1) is 0 Å². The summed E-state index contributed by atoms with van der Waals surface area (Å²) in [7, 11) is 0. The molecule has 18 heavy (non-hydrogen) atoms. The fourth-order valence-electron chi connectivity index (χ4n) is 1.49. The van der Waals surface area contributed by atoms with Gasteiger partial charge in [0.15, 0.2) is 5.76 Å². The molecule has 0 aromatic heterocycles. The van der Waals surface area contributed by atoms with Crippen LogP contribution in [0.4, 0.5) is 0 Å². The number of hydrogen-bond donors (Lipinski definition) is 0. The van der Waals surface area contributed by atoms with Crippen molar-refractivity contribution in [3.8, 4) is 5.75 Å². The summed E-state index contributed by atoms with van der Waals surface area (Å²) in [6, 6.07) is 4.83. The standard InChI is InChI=1S/C13H13ClO4/c1-13(2)17-8-10(18-13)7-16-12-4-3-9(6-15)5-11(12)14/h3-6,8H,7H2,1-2H3. The number of hydrogen-bond acceptors (Lipinski definition) is 4. The first kappa shape index (κ1) is 12.8. The average Bonchev–Trinajstić information content (AvgIpc) is 2.67. The summed E-state index contributed by atoms with van der Waals surface area (Å²) in [5.74, 6) is 0.441. The second-order valence-electron chi connectivity index (χ2n) is 4.30. The highest BCUT2D eigenvalue weighted by Gasteiger charge is 2.27. The molecule has 0 aliphatic carbocycles. The Balaban J connectivity index is 1.97. The van der Waals surface area contributed by atoms with Crippen LogP contribution in [0.1, 0.15) is 24.2 Å². The third-order valence-corrected chi connectivity index (χ3v) is 2.61. The highest BCUT2D eigenvalue weighted by Crippen LogP contribution is 2.28. The van der Waals surface area contributed by atoms with Crippen LogP contribution in [-0.2, 0) is 9.47 Å². The molecule has 4 nitrogen and oxygen atoms in total. The highest BCUT2D eigenvalue weighted by molar-refractivity contribution is 6.32. The van der Waals surface area contributed by atoms with Gasteiger partial charge in [-0.3, -0.25) is 4.79 Å². The van der Waals surface area contributed by atoms with Crippen LogP contribution in [0.2, 0.25) is 5.02 Å². The van der Waals surface area contributed by atoms with E-state index in [4.69, 9.17) is 25.8 Å². The number of benzene rings is 1. The molecule has 1 aromatic rings. The number of ether oxygens (including phenoxy) is 3. The van der Waals surface area contributed by atoms with E-state index in [0.717, 1.165) is 6.29 Å². The molecule has 1 aromatic carbocycles. The molecule has 2 rings (SSSR count). The summed E-state index contributed by atoms with van der Waals surface area (Å²) in [5.41, 5.74) is 0.508. The van der Waals surface area contributed by atoms with E-state index in [1.165, 1.54) is 6.26 Å². The summed E-state index contributed by atoms with van der Waals surface area (Å²) in [6.45, 7) is 3.84. The van der Waals surface area contributed by atoms with Gasteiger partial charge in [0.2, 0.25) is 5.79 Å². The minimum absolute atomic E-state index is 0.226. The van der Waals surface area contributed by atoms with Gasteiger partial charge < -0.3 is 14.2 Å². The van der Waals surface area contributed by atoms with Crippen molar-refractivity contribution in [3.05, 3.63) is 40.8 Å². The van der Waals surface area contributed by atoms with Crippen molar-refractivity contribution in [1.29, 1.82) is 0 Å². The quantitative estimate of drug-likeness (QED) is 0.787. The number of rotatable bonds is 4. The van der Waals surface area contributed by atoms with Crippen molar-refractivity contribution in [1.82, 2.24) is 0 Å². The van der Waals surface area contributed by atoms with Gasteiger partial charge in [-0.2, -0.15) is 0 Å². The molecule has 0 bridgehead atoms. The summed E-state index contributed by atoms with van der Waals surface area (Å²) >= 11 is 5.97. The molecule has 1 heterocycles. The average molecular weight is 269 g/mol. The number of aldehydes is 1. The monoisotopic (exact) mass is 268 g/mol. The second-order valence-corrected chi connectivity index (χ2v) is 4.71. The van der Waals surface area contributed by atoms with Crippen molar-refractivity contribution in [2.45, 2.75) is 19.6 Å². The normalized spacial score (nSPS) is 16.5. The van der Waals surface area contributed by atoms with Gasteiger partial charge >= 0.3 is 0 Å². The molecule has 0 radical (unpaired) electrons. The van der Waals surface area contributed by atoms with Gasteiger partial charge in [-0.25, -0.2) is 0 Å². The van der Waals surface area contributed by atoms with Crippen LogP contribution in [0.15, 0.2) is 30.2 Å². The number of carbonyl (C=O) groups excluding carboxylic acids is 1. The molecule has 5 heteroatoms. The molecule has 1 aliphatic rings. The SMILES string of the molecule is CC1(C)OC=C(COc2ccc(C=O)cc2Cl)O1. The Morgan fingerprint density at radius 1 is 1.44 bits per heavy atom. The Hall–Kier alpha value is -1.68. The molecule has 0 fully saturated rings. The molecule has 0 N–H and O–H groups in total. The fourth-order valence-corrected chi connectivity index (χ4v) is 1.73. The van der Waals surface area contributed by atoms with Gasteiger partial charge in [0, 0.05) is 19.4 Å². The third kappa shape index (κ3) is 2.96. The second kappa shape index (κ2) is 4.90. The number of halogens is 1. The lowest BCUT2D eigenvalue weighted by molar-refractivity contribution is -0.119. The van der Waals surface area contributed by atoms with E-state index in [2.05, 4.69) is 0 Å². The topological polar surface area (TPSA) is 44.8 Å². The summed E-state index contributed by atoms with van der Waals surface area (Å²) in [6.07, 6.45) is 2.25. The zero-order valence-electron chi connectivity index (χ0n) is 10.1. The highest BCUT2D eigenvalue weighted by atomic mass is 35.5. The lowest BCUT2D eigenvalue weighted by atomic mass is 10.2. The zero-order chi connectivity index (χ0) is 13.2. The van der Waals surface area contributed by atoms with E-state index < -0.39 is 5.79 Å². The van der Waals surface area contributed by atoms with Crippen LogP contribution >= 0.6 is 11.6 Å². The predicted molar refractivity (Wildman–Crippen MR) is 66.7 cm³/mol. The molecular formula is C13H13ClO4. The molecule has 0 atom stereocenters. The Morgan fingerprint density at radius 3 is 2.78 bits per heavy atom. The van der Waals surface area contributed by atoms with E-state index in [1.807, 2.05) is 13.8 Å². The minimum atomic E-state index is -0.649. The zero-order valence-corrected chi connectivity index (χ0v) is 10.9. The van der Waals surface area contributed by atoms with Gasteiger partial charge in [0.05, 0.1) is 5.02 Å². The van der Waals surface area contributed by atoms with Crippen LogP contribution in [0, 0.1) is 0 Å². The van der Waals surface area contributed by atoms with Crippen molar-refractivity contribution < 1.29 is 19.0 Å². The first-order chi connectivity index (χ1) is 8.50. The van der Waals surface area contributed by atoms with E-state index >= 15 is 0 Å². The van der Waals surface area contributed by atoms with Gasteiger partial charge in [-0.05, 0) is 18.2 Å². The Bertz CT molecular complexity index is 494. The van der Waals surface area contributed by atoms with Crippen LogP contribution in [0.5, 0.6) is 5.75 Å². The maximum absolute atomic E-state index is 10.6. The predicted octanol–water partition coefficient (Wildman–Crippen LogP) is 3.16. The first-order valence-electron chi connectivity index (χ1n) is 5.43. The maximum atomic E-state index is 10.6. The molecule has 1 aliphatic heterocycles. The largest absolute Gasteiger partial charge is 0.484 e. The molecule has 0 saturated carbocycles. The Kier molecular flexibility index (Phi) is 3.48. The Morgan fingerprint density at radius 2 is 2.22 bits per heavy atom.